The number of benzene rings is 1. The normalized spacial score (nSPS) is 16.9. The number of carbonyl (C=O) groups excluding carboxylic acids is 1. The lowest BCUT2D eigenvalue weighted by Gasteiger charge is -2.20. The minimum atomic E-state index is -0.217. The number of rotatable bonds is 3. The van der Waals surface area contributed by atoms with Crippen LogP contribution >= 0.6 is 0 Å². The molecule has 0 bridgehead atoms. The fraction of sp³-hybridized carbons (Fsp3) is 0.438. The Bertz CT molecular complexity index is 428. The minimum Gasteiger partial charge on any atom is -0.459 e. The van der Waals surface area contributed by atoms with Gasteiger partial charge in [0.1, 0.15) is 6.10 Å². The van der Waals surface area contributed by atoms with Gasteiger partial charge in [-0.1, -0.05) is 30.7 Å². The molecular weight excluding hydrogens is 224 g/mol. The summed E-state index contributed by atoms with van der Waals surface area (Å²) in [6.07, 6.45) is 9.17. The van der Waals surface area contributed by atoms with Gasteiger partial charge in [-0.25, -0.2) is 4.79 Å². The highest BCUT2D eigenvalue weighted by atomic mass is 16.5. The van der Waals surface area contributed by atoms with E-state index in [1.807, 2.05) is 37.3 Å². The number of ether oxygens (including phenoxy) is 1. The van der Waals surface area contributed by atoms with Gasteiger partial charge >= 0.3 is 5.97 Å². The summed E-state index contributed by atoms with van der Waals surface area (Å²) in [5.41, 5.74) is 2.23. The van der Waals surface area contributed by atoms with E-state index in [0.29, 0.717) is 0 Å². The Kier molecular flexibility index (Phi) is 4.57. The molecule has 0 spiro atoms. The molecule has 0 radical (unpaired) electrons. The lowest BCUT2D eigenvalue weighted by molar-refractivity contribution is -0.144. The van der Waals surface area contributed by atoms with Crippen molar-refractivity contribution in [3.8, 4) is 0 Å². The molecule has 0 aromatic heterocycles. The Morgan fingerprint density at radius 3 is 2.67 bits per heavy atom. The highest BCUT2D eigenvalue weighted by molar-refractivity contribution is 5.87. The SMILES string of the molecule is Cc1ccccc1C=CC(=O)OC1CCCCC1. The van der Waals surface area contributed by atoms with Gasteiger partial charge in [0.15, 0.2) is 0 Å². The van der Waals surface area contributed by atoms with E-state index in [9.17, 15) is 4.79 Å². The number of hydrogen-bond donors (Lipinski definition) is 0. The van der Waals surface area contributed by atoms with Crippen LogP contribution in [0.3, 0.4) is 0 Å². The van der Waals surface area contributed by atoms with Gasteiger partial charge in [-0.05, 0) is 49.8 Å². The van der Waals surface area contributed by atoms with E-state index < -0.39 is 0 Å². The number of hydrogen-bond acceptors (Lipinski definition) is 2. The number of esters is 1. The molecule has 2 rings (SSSR count). The Hall–Kier alpha value is -1.57. The van der Waals surface area contributed by atoms with Crippen LogP contribution in [0.25, 0.3) is 6.08 Å². The molecule has 96 valence electrons. The molecule has 1 saturated carbocycles. The van der Waals surface area contributed by atoms with E-state index in [1.165, 1.54) is 30.9 Å². The maximum Gasteiger partial charge on any atom is 0.331 e. The second-order valence-corrected chi connectivity index (χ2v) is 4.89. The van der Waals surface area contributed by atoms with Crippen molar-refractivity contribution in [3.63, 3.8) is 0 Å². The monoisotopic (exact) mass is 244 g/mol. The zero-order chi connectivity index (χ0) is 12.8. The van der Waals surface area contributed by atoms with Crippen LogP contribution in [0.5, 0.6) is 0 Å². The first-order valence-electron chi connectivity index (χ1n) is 6.70. The topological polar surface area (TPSA) is 26.3 Å². The molecule has 1 aliphatic carbocycles. The minimum absolute atomic E-state index is 0.132. The molecule has 1 aromatic carbocycles. The average Bonchev–Trinajstić information content (AvgIpc) is 2.39. The lowest BCUT2D eigenvalue weighted by atomic mass is 9.98. The van der Waals surface area contributed by atoms with Crippen LogP contribution in [0.1, 0.15) is 43.2 Å². The fourth-order valence-corrected chi connectivity index (χ4v) is 2.32. The van der Waals surface area contributed by atoms with E-state index >= 15 is 0 Å². The summed E-state index contributed by atoms with van der Waals surface area (Å²) in [6, 6.07) is 8.00. The standard InChI is InChI=1S/C16H20O2/c1-13-7-5-6-8-14(13)11-12-16(17)18-15-9-3-2-4-10-15/h5-8,11-12,15H,2-4,9-10H2,1H3. The third-order valence-electron chi connectivity index (χ3n) is 3.42. The predicted octanol–water partition coefficient (Wildman–Crippen LogP) is 3.88. The first-order chi connectivity index (χ1) is 8.75. The second kappa shape index (κ2) is 6.39. The maximum absolute atomic E-state index is 11.7. The summed E-state index contributed by atoms with van der Waals surface area (Å²) in [6.45, 7) is 2.03. The van der Waals surface area contributed by atoms with E-state index in [4.69, 9.17) is 4.74 Å². The summed E-state index contributed by atoms with van der Waals surface area (Å²) >= 11 is 0. The van der Waals surface area contributed by atoms with Crippen molar-refractivity contribution in [1.29, 1.82) is 0 Å². The first kappa shape index (κ1) is 12.9. The molecule has 1 fully saturated rings. The van der Waals surface area contributed by atoms with Gasteiger partial charge in [0.05, 0.1) is 0 Å². The molecule has 2 heteroatoms. The fourth-order valence-electron chi connectivity index (χ4n) is 2.32. The number of carbonyl (C=O) groups is 1. The molecule has 2 nitrogen and oxygen atoms in total. The zero-order valence-electron chi connectivity index (χ0n) is 10.9. The maximum atomic E-state index is 11.7. The van der Waals surface area contributed by atoms with Crippen molar-refractivity contribution in [1.82, 2.24) is 0 Å². The van der Waals surface area contributed by atoms with Gasteiger partial charge in [0.2, 0.25) is 0 Å². The molecule has 18 heavy (non-hydrogen) atoms. The van der Waals surface area contributed by atoms with Crippen LogP contribution in [-0.2, 0) is 9.53 Å². The van der Waals surface area contributed by atoms with Crippen molar-refractivity contribution in [3.05, 3.63) is 41.5 Å². The van der Waals surface area contributed by atoms with Crippen LogP contribution in [0.2, 0.25) is 0 Å². The largest absolute Gasteiger partial charge is 0.459 e. The van der Waals surface area contributed by atoms with E-state index in [1.54, 1.807) is 0 Å². The molecule has 1 aromatic rings. The van der Waals surface area contributed by atoms with Crippen LogP contribution in [-0.4, -0.2) is 12.1 Å². The van der Waals surface area contributed by atoms with Gasteiger partial charge in [0, 0.05) is 6.08 Å². The summed E-state index contributed by atoms with van der Waals surface area (Å²) in [4.78, 5) is 11.7. The summed E-state index contributed by atoms with van der Waals surface area (Å²) in [5.74, 6) is -0.217. The summed E-state index contributed by atoms with van der Waals surface area (Å²) < 4.78 is 5.43. The van der Waals surface area contributed by atoms with Crippen molar-refractivity contribution < 1.29 is 9.53 Å². The Morgan fingerprint density at radius 1 is 1.22 bits per heavy atom. The van der Waals surface area contributed by atoms with E-state index in [-0.39, 0.29) is 12.1 Å². The van der Waals surface area contributed by atoms with Gasteiger partial charge in [0.25, 0.3) is 0 Å². The van der Waals surface area contributed by atoms with Crippen LogP contribution in [0, 0.1) is 6.92 Å². The van der Waals surface area contributed by atoms with Gasteiger partial charge in [-0.15, -0.1) is 0 Å². The van der Waals surface area contributed by atoms with Crippen LogP contribution in [0.4, 0.5) is 0 Å². The molecule has 0 atom stereocenters. The van der Waals surface area contributed by atoms with Crippen LogP contribution in [0.15, 0.2) is 30.3 Å². The highest BCUT2D eigenvalue weighted by Gasteiger charge is 2.16. The Morgan fingerprint density at radius 2 is 1.94 bits per heavy atom. The third kappa shape index (κ3) is 3.73. The van der Waals surface area contributed by atoms with E-state index in [0.717, 1.165) is 18.4 Å². The summed E-state index contributed by atoms with van der Waals surface area (Å²) in [5, 5.41) is 0. The molecule has 1 aliphatic rings. The van der Waals surface area contributed by atoms with Gasteiger partial charge in [-0.3, -0.25) is 0 Å². The smallest absolute Gasteiger partial charge is 0.331 e. The quantitative estimate of drug-likeness (QED) is 0.595. The average molecular weight is 244 g/mol. The number of aryl methyl sites for hydroxylation is 1. The van der Waals surface area contributed by atoms with Crippen molar-refractivity contribution in [2.24, 2.45) is 0 Å². The summed E-state index contributed by atoms with van der Waals surface area (Å²) in [7, 11) is 0. The molecule has 0 N–H and O–H groups in total. The lowest BCUT2D eigenvalue weighted by Crippen LogP contribution is -2.19. The molecule has 0 amide bonds. The van der Waals surface area contributed by atoms with E-state index in [2.05, 4.69) is 0 Å². The Labute approximate surface area is 109 Å². The second-order valence-electron chi connectivity index (χ2n) is 4.89. The molecular formula is C16H20O2. The van der Waals surface area contributed by atoms with Crippen molar-refractivity contribution in [2.45, 2.75) is 45.1 Å². The van der Waals surface area contributed by atoms with Crippen molar-refractivity contribution in [2.75, 3.05) is 0 Å². The molecule has 0 saturated heterocycles. The predicted molar refractivity (Wildman–Crippen MR) is 73.2 cm³/mol. The molecule has 0 unspecified atom stereocenters. The van der Waals surface area contributed by atoms with Crippen LogP contribution < -0.4 is 0 Å². The zero-order valence-corrected chi connectivity index (χ0v) is 10.9. The molecule has 0 heterocycles. The third-order valence-corrected chi connectivity index (χ3v) is 3.42. The van der Waals surface area contributed by atoms with Crippen molar-refractivity contribution >= 4 is 12.0 Å². The first-order valence-corrected chi connectivity index (χ1v) is 6.70. The highest BCUT2D eigenvalue weighted by Crippen LogP contribution is 2.20. The van der Waals surface area contributed by atoms with Gasteiger partial charge in [-0.2, -0.15) is 0 Å². The Balaban J connectivity index is 1.88. The molecule has 0 aliphatic heterocycles. The van der Waals surface area contributed by atoms with Gasteiger partial charge < -0.3 is 4.74 Å².